The molecule has 0 saturated carbocycles. The van der Waals surface area contributed by atoms with Crippen molar-refractivity contribution in [2.24, 2.45) is 0 Å². The van der Waals surface area contributed by atoms with Crippen LogP contribution < -0.4 is 5.32 Å². The van der Waals surface area contributed by atoms with Crippen LogP contribution >= 0.6 is 0 Å². The van der Waals surface area contributed by atoms with Crippen LogP contribution in [0.1, 0.15) is 17.5 Å². The van der Waals surface area contributed by atoms with E-state index in [4.69, 9.17) is 0 Å². The molecule has 3 rings (SSSR count). The Hall–Kier alpha value is -2.99. The number of hydrogen-bond donors (Lipinski definition) is 2. The molecule has 3 aromatic rings. The average Bonchev–Trinajstić information content (AvgIpc) is 3.22. The van der Waals surface area contributed by atoms with E-state index in [9.17, 15) is 9.90 Å². The molecule has 26 heavy (non-hydrogen) atoms. The number of aliphatic hydroxyl groups excluding tert-OH is 1. The summed E-state index contributed by atoms with van der Waals surface area (Å²) in [5.74, 6) is -0.0529. The molecule has 0 saturated heterocycles. The van der Waals surface area contributed by atoms with Gasteiger partial charge in [0.2, 0.25) is 5.91 Å². The number of rotatable bonds is 8. The standard InChI is InChI=1S/C20H22N4O2/c25-13-18(12-17-4-2-1-3-5-17)23-20(26)11-8-16-6-9-19(10-7-16)24-14-21-22-15-24/h1-7,9-10,14-15,18,25H,8,11-13H2,(H,23,26)/t18-/m1/s1. The molecule has 2 N–H and O–H groups in total. The van der Waals surface area contributed by atoms with Gasteiger partial charge in [-0.1, -0.05) is 42.5 Å². The Morgan fingerprint density at radius 3 is 2.35 bits per heavy atom. The van der Waals surface area contributed by atoms with Gasteiger partial charge in [0.15, 0.2) is 0 Å². The summed E-state index contributed by atoms with van der Waals surface area (Å²) in [4.78, 5) is 12.2. The predicted octanol–water partition coefficient (Wildman–Crippen LogP) is 1.92. The van der Waals surface area contributed by atoms with Crippen molar-refractivity contribution in [1.29, 1.82) is 0 Å². The molecule has 1 aromatic heterocycles. The molecule has 0 aliphatic rings. The van der Waals surface area contributed by atoms with Crippen LogP contribution in [0.15, 0.2) is 67.3 Å². The van der Waals surface area contributed by atoms with Crippen molar-refractivity contribution in [3.05, 3.63) is 78.4 Å². The SMILES string of the molecule is O=C(CCc1ccc(-n2cnnc2)cc1)N[C@@H](CO)Cc1ccccc1. The van der Waals surface area contributed by atoms with Crippen molar-refractivity contribution < 1.29 is 9.90 Å². The fraction of sp³-hybridized carbons (Fsp3) is 0.250. The molecular weight excluding hydrogens is 328 g/mol. The molecule has 6 nitrogen and oxygen atoms in total. The van der Waals surface area contributed by atoms with Crippen LogP contribution in [-0.4, -0.2) is 38.4 Å². The molecule has 134 valence electrons. The Kier molecular flexibility index (Phi) is 6.11. The van der Waals surface area contributed by atoms with Crippen molar-refractivity contribution in [3.8, 4) is 5.69 Å². The zero-order valence-corrected chi connectivity index (χ0v) is 14.5. The van der Waals surface area contributed by atoms with Crippen molar-refractivity contribution in [2.75, 3.05) is 6.61 Å². The summed E-state index contributed by atoms with van der Waals surface area (Å²) in [5.41, 5.74) is 3.16. The number of amides is 1. The van der Waals surface area contributed by atoms with Gasteiger partial charge in [-0.15, -0.1) is 10.2 Å². The summed E-state index contributed by atoms with van der Waals surface area (Å²) in [5, 5.41) is 20.0. The van der Waals surface area contributed by atoms with Gasteiger partial charge in [0.05, 0.1) is 12.6 Å². The lowest BCUT2D eigenvalue weighted by Gasteiger charge is -2.16. The van der Waals surface area contributed by atoms with E-state index in [2.05, 4.69) is 15.5 Å². The topological polar surface area (TPSA) is 80.0 Å². The average molecular weight is 350 g/mol. The van der Waals surface area contributed by atoms with Crippen LogP contribution in [0.5, 0.6) is 0 Å². The molecule has 0 fully saturated rings. The maximum Gasteiger partial charge on any atom is 0.220 e. The lowest BCUT2D eigenvalue weighted by atomic mass is 10.1. The number of aromatic nitrogens is 3. The van der Waals surface area contributed by atoms with E-state index in [1.54, 1.807) is 12.7 Å². The highest BCUT2D eigenvalue weighted by atomic mass is 16.3. The molecule has 0 aliphatic carbocycles. The quantitative estimate of drug-likeness (QED) is 0.650. The van der Waals surface area contributed by atoms with E-state index < -0.39 is 0 Å². The van der Waals surface area contributed by atoms with Crippen molar-refractivity contribution in [1.82, 2.24) is 20.1 Å². The fourth-order valence-electron chi connectivity index (χ4n) is 2.79. The second-order valence-corrected chi connectivity index (χ2v) is 6.17. The summed E-state index contributed by atoms with van der Waals surface area (Å²) in [7, 11) is 0. The van der Waals surface area contributed by atoms with Gasteiger partial charge in [0.1, 0.15) is 12.7 Å². The third kappa shape index (κ3) is 5.00. The Bertz CT molecular complexity index is 802. The third-order valence-corrected chi connectivity index (χ3v) is 4.20. The van der Waals surface area contributed by atoms with Crippen LogP contribution in [-0.2, 0) is 17.6 Å². The molecule has 1 atom stereocenters. The van der Waals surface area contributed by atoms with Gasteiger partial charge in [-0.3, -0.25) is 9.36 Å². The number of benzene rings is 2. The van der Waals surface area contributed by atoms with Crippen LogP contribution in [0.4, 0.5) is 0 Å². The minimum atomic E-state index is -0.263. The zero-order chi connectivity index (χ0) is 18.2. The van der Waals surface area contributed by atoms with Gasteiger partial charge in [0, 0.05) is 12.1 Å². The van der Waals surface area contributed by atoms with Crippen molar-refractivity contribution in [3.63, 3.8) is 0 Å². The second kappa shape index (κ2) is 8.92. The number of aliphatic hydroxyl groups is 1. The zero-order valence-electron chi connectivity index (χ0n) is 14.5. The Labute approximate surface area is 152 Å². The molecule has 0 radical (unpaired) electrons. The number of nitrogens with one attached hydrogen (secondary N) is 1. The molecule has 6 heteroatoms. The predicted molar refractivity (Wildman–Crippen MR) is 98.8 cm³/mol. The highest BCUT2D eigenvalue weighted by Crippen LogP contribution is 2.10. The maximum absolute atomic E-state index is 12.2. The Morgan fingerprint density at radius 2 is 1.69 bits per heavy atom. The van der Waals surface area contributed by atoms with Crippen LogP contribution in [0, 0.1) is 0 Å². The van der Waals surface area contributed by atoms with Gasteiger partial charge in [-0.05, 0) is 36.1 Å². The number of aryl methyl sites for hydroxylation is 1. The van der Waals surface area contributed by atoms with Gasteiger partial charge < -0.3 is 10.4 Å². The summed E-state index contributed by atoms with van der Waals surface area (Å²) in [6, 6.07) is 17.5. The Morgan fingerprint density at radius 1 is 1.00 bits per heavy atom. The third-order valence-electron chi connectivity index (χ3n) is 4.20. The number of carbonyl (C=O) groups excluding carboxylic acids is 1. The first-order chi connectivity index (χ1) is 12.7. The fourth-order valence-corrected chi connectivity index (χ4v) is 2.79. The molecule has 1 heterocycles. The van der Waals surface area contributed by atoms with Crippen LogP contribution in [0.2, 0.25) is 0 Å². The van der Waals surface area contributed by atoms with E-state index in [1.807, 2.05) is 59.2 Å². The summed E-state index contributed by atoms with van der Waals surface area (Å²) >= 11 is 0. The van der Waals surface area contributed by atoms with Crippen molar-refractivity contribution >= 4 is 5.91 Å². The van der Waals surface area contributed by atoms with E-state index in [0.29, 0.717) is 19.3 Å². The number of hydrogen-bond acceptors (Lipinski definition) is 4. The summed E-state index contributed by atoms with van der Waals surface area (Å²) < 4.78 is 1.83. The van der Waals surface area contributed by atoms with E-state index in [1.165, 1.54) is 0 Å². The first kappa shape index (κ1) is 17.8. The molecule has 1 amide bonds. The largest absolute Gasteiger partial charge is 0.394 e. The normalized spacial score (nSPS) is 11.9. The van der Waals surface area contributed by atoms with Crippen LogP contribution in [0.3, 0.4) is 0 Å². The first-order valence-electron chi connectivity index (χ1n) is 8.62. The lowest BCUT2D eigenvalue weighted by Crippen LogP contribution is -2.39. The monoisotopic (exact) mass is 350 g/mol. The summed E-state index contributed by atoms with van der Waals surface area (Å²) in [6.45, 7) is -0.0751. The maximum atomic E-state index is 12.2. The molecule has 2 aromatic carbocycles. The summed E-state index contributed by atoms with van der Waals surface area (Å²) in [6.07, 6.45) is 4.94. The van der Waals surface area contributed by atoms with E-state index in [0.717, 1.165) is 16.8 Å². The van der Waals surface area contributed by atoms with E-state index >= 15 is 0 Å². The highest BCUT2D eigenvalue weighted by molar-refractivity contribution is 5.76. The minimum Gasteiger partial charge on any atom is -0.394 e. The molecule has 0 unspecified atom stereocenters. The smallest absolute Gasteiger partial charge is 0.220 e. The number of nitrogens with zero attached hydrogens (tertiary/aromatic N) is 3. The van der Waals surface area contributed by atoms with Gasteiger partial charge in [0.25, 0.3) is 0 Å². The number of carbonyl (C=O) groups is 1. The molecule has 0 bridgehead atoms. The van der Waals surface area contributed by atoms with Gasteiger partial charge >= 0.3 is 0 Å². The van der Waals surface area contributed by atoms with Gasteiger partial charge in [-0.25, -0.2) is 0 Å². The molecule has 0 aliphatic heterocycles. The highest BCUT2D eigenvalue weighted by Gasteiger charge is 2.12. The van der Waals surface area contributed by atoms with Crippen LogP contribution in [0.25, 0.3) is 5.69 Å². The Balaban J connectivity index is 1.48. The van der Waals surface area contributed by atoms with Crippen molar-refractivity contribution in [2.45, 2.75) is 25.3 Å². The lowest BCUT2D eigenvalue weighted by molar-refractivity contribution is -0.122. The van der Waals surface area contributed by atoms with Gasteiger partial charge in [-0.2, -0.15) is 0 Å². The molecule has 0 spiro atoms. The first-order valence-corrected chi connectivity index (χ1v) is 8.62. The van der Waals surface area contributed by atoms with E-state index in [-0.39, 0.29) is 18.6 Å². The second-order valence-electron chi connectivity index (χ2n) is 6.17. The minimum absolute atomic E-state index is 0.0529. The molecular formula is C20H22N4O2.